The Bertz CT molecular complexity index is 477. The smallest absolute Gasteiger partial charge is 0.0391 e. The van der Waals surface area contributed by atoms with E-state index in [9.17, 15) is 0 Å². The largest absolute Gasteiger partial charge is 0.362 e. The van der Waals surface area contributed by atoms with E-state index < -0.39 is 0 Å². The summed E-state index contributed by atoms with van der Waals surface area (Å²) in [6, 6.07) is 18.3. The van der Waals surface area contributed by atoms with Gasteiger partial charge in [-0.1, -0.05) is 52.3 Å². The lowest BCUT2D eigenvalue weighted by molar-refractivity contribution is 1.56. The van der Waals surface area contributed by atoms with E-state index in [1.54, 1.807) is 0 Å². The van der Waals surface area contributed by atoms with E-state index in [0.717, 1.165) is 10.2 Å². The molecule has 0 aromatic heterocycles. The van der Waals surface area contributed by atoms with Crippen LogP contribution in [-0.2, 0) is 0 Å². The molecule has 0 bridgehead atoms. The maximum atomic E-state index is 3.43. The summed E-state index contributed by atoms with van der Waals surface area (Å²) >= 11 is 3.43. The van der Waals surface area contributed by atoms with Gasteiger partial charge in [0, 0.05) is 16.4 Å². The molecule has 2 aromatic rings. The van der Waals surface area contributed by atoms with Crippen LogP contribution >= 0.6 is 15.9 Å². The predicted octanol–water partition coefficient (Wildman–Crippen LogP) is 4.53. The molecule has 0 heterocycles. The molecule has 2 aromatic carbocycles. The fraction of sp³-hybridized carbons (Fsp3) is 0. The first-order valence-electron chi connectivity index (χ1n) is 5.08. The van der Waals surface area contributed by atoms with Crippen LogP contribution in [0.5, 0.6) is 0 Å². The Morgan fingerprint density at radius 1 is 0.938 bits per heavy atom. The monoisotopic (exact) mass is 273 g/mol. The quantitative estimate of drug-likeness (QED) is 0.866. The molecule has 1 nitrogen and oxygen atoms in total. The van der Waals surface area contributed by atoms with Crippen LogP contribution in [0.4, 0.5) is 5.69 Å². The molecule has 0 amide bonds. The number of hydrogen-bond acceptors (Lipinski definition) is 1. The molecule has 2 heteroatoms. The van der Waals surface area contributed by atoms with Crippen molar-refractivity contribution < 1.29 is 0 Å². The molecule has 0 aliphatic heterocycles. The highest BCUT2D eigenvalue weighted by Crippen LogP contribution is 2.15. The molecule has 0 spiro atoms. The normalized spacial score (nSPS) is 10.6. The van der Waals surface area contributed by atoms with E-state index in [-0.39, 0.29) is 0 Å². The molecule has 16 heavy (non-hydrogen) atoms. The molecule has 1 N–H and O–H groups in total. The highest BCUT2D eigenvalue weighted by molar-refractivity contribution is 9.10. The van der Waals surface area contributed by atoms with Gasteiger partial charge in [0.15, 0.2) is 0 Å². The zero-order valence-electron chi connectivity index (χ0n) is 8.73. The van der Waals surface area contributed by atoms with E-state index >= 15 is 0 Å². The summed E-state index contributed by atoms with van der Waals surface area (Å²) in [4.78, 5) is 0. The Morgan fingerprint density at radius 2 is 1.75 bits per heavy atom. The lowest BCUT2D eigenvalue weighted by Gasteiger charge is -2.00. The average molecular weight is 274 g/mol. The molecule has 0 radical (unpaired) electrons. The van der Waals surface area contributed by atoms with E-state index in [1.807, 2.05) is 54.7 Å². The van der Waals surface area contributed by atoms with Gasteiger partial charge in [0.25, 0.3) is 0 Å². The third-order valence-electron chi connectivity index (χ3n) is 2.15. The van der Waals surface area contributed by atoms with Crippen molar-refractivity contribution in [1.29, 1.82) is 0 Å². The second-order valence-electron chi connectivity index (χ2n) is 3.40. The molecule has 0 saturated heterocycles. The third-order valence-corrected chi connectivity index (χ3v) is 2.64. The number of hydrogen-bond donors (Lipinski definition) is 1. The fourth-order valence-corrected chi connectivity index (χ4v) is 1.78. The van der Waals surface area contributed by atoms with E-state index in [4.69, 9.17) is 0 Å². The van der Waals surface area contributed by atoms with Gasteiger partial charge in [0.05, 0.1) is 0 Å². The highest BCUT2D eigenvalue weighted by Gasteiger charge is 1.89. The second kappa shape index (κ2) is 5.52. The Balaban J connectivity index is 2.00. The van der Waals surface area contributed by atoms with Gasteiger partial charge >= 0.3 is 0 Å². The van der Waals surface area contributed by atoms with E-state index in [0.29, 0.717) is 0 Å². The zero-order chi connectivity index (χ0) is 11.2. The summed E-state index contributed by atoms with van der Waals surface area (Å²) in [7, 11) is 0. The van der Waals surface area contributed by atoms with Crippen LogP contribution in [0.1, 0.15) is 5.56 Å². The van der Waals surface area contributed by atoms with Gasteiger partial charge in [-0.3, -0.25) is 0 Å². The van der Waals surface area contributed by atoms with Crippen LogP contribution in [0, 0.1) is 0 Å². The van der Waals surface area contributed by atoms with Gasteiger partial charge in [-0.25, -0.2) is 0 Å². The lowest BCUT2D eigenvalue weighted by atomic mass is 10.2. The minimum absolute atomic E-state index is 1.07. The molecule has 0 fully saturated rings. The standard InChI is InChI=1S/C14H12BrN/c15-13-7-4-8-14(11-13)16-10-9-12-5-2-1-3-6-12/h1-11,16H. The third kappa shape index (κ3) is 3.24. The lowest BCUT2D eigenvalue weighted by Crippen LogP contribution is -1.86. The van der Waals surface area contributed by atoms with Crippen molar-refractivity contribution in [2.75, 3.05) is 5.32 Å². The maximum Gasteiger partial charge on any atom is 0.0391 e. The van der Waals surface area contributed by atoms with Crippen LogP contribution in [0.15, 0.2) is 65.3 Å². The average Bonchev–Trinajstić information content (AvgIpc) is 2.30. The molecule has 0 atom stereocenters. The highest BCUT2D eigenvalue weighted by atomic mass is 79.9. The van der Waals surface area contributed by atoms with Crippen LogP contribution in [-0.4, -0.2) is 0 Å². The van der Waals surface area contributed by atoms with E-state index in [1.165, 1.54) is 5.56 Å². The van der Waals surface area contributed by atoms with Gasteiger partial charge in [-0.05, 0) is 29.8 Å². The summed E-state index contributed by atoms with van der Waals surface area (Å²) in [6.45, 7) is 0. The Hall–Kier alpha value is -1.54. The molecule has 2 rings (SSSR count). The summed E-state index contributed by atoms with van der Waals surface area (Å²) in [5, 5.41) is 3.22. The maximum absolute atomic E-state index is 3.43. The number of rotatable bonds is 3. The molecule has 0 unspecified atom stereocenters. The van der Waals surface area contributed by atoms with Crippen LogP contribution in [0.3, 0.4) is 0 Å². The van der Waals surface area contributed by atoms with Crippen molar-refractivity contribution in [3.63, 3.8) is 0 Å². The van der Waals surface area contributed by atoms with Crippen molar-refractivity contribution >= 4 is 27.7 Å². The number of halogens is 1. The number of nitrogens with one attached hydrogen (secondary N) is 1. The molecule has 0 saturated carbocycles. The van der Waals surface area contributed by atoms with Crippen molar-refractivity contribution in [3.8, 4) is 0 Å². The zero-order valence-corrected chi connectivity index (χ0v) is 10.3. The van der Waals surface area contributed by atoms with Crippen LogP contribution in [0.25, 0.3) is 6.08 Å². The molecular formula is C14H12BrN. The Morgan fingerprint density at radius 3 is 2.50 bits per heavy atom. The molecule has 0 aliphatic carbocycles. The first-order valence-corrected chi connectivity index (χ1v) is 5.87. The second-order valence-corrected chi connectivity index (χ2v) is 4.31. The summed E-state index contributed by atoms with van der Waals surface area (Å²) < 4.78 is 1.07. The topological polar surface area (TPSA) is 12.0 Å². The minimum atomic E-state index is 1.07. The van der Waals surface area contributed by atoms with Gasteiger partial charge in [0.2, 0.25) is 0 Å². The summed E-state index contributed by atoms with van der Waals surface area (Å²) in [6.07, 6.45) is 3.98. The van der Waals surface area contributed by atoms with Crippen molar-refractivity contribution in [2.45, 2.75) is 0 Å². The van der Waals surface area contributed by atoms with Gasteiger partial charge in [0.1, 0.15) is 0 Å². The van der Waals surface area contributed by atoms with Crippen molar-refractivity contribution in [1.82, 2.24) is 0 Å². The fourth-order valence-electron chi connectivity index (χ4n) is 1.38. The van der Waals surface area contributed by atoms with E-state index in [2.05, 4.69) is 33.4 Å². The Labute approximate surface area is 104 Å². The Kier molecular flexibility index (Phi) is 3.78. The molecule has 0 aliphatic rings. The minimum Gasteiger partial charge on any atom is -0.362 e. The first kappa shape index (κ1) is 11.0. The summed E-state index contributed by atoms with van der Waals surface area (Å²) in [5.41, 5.74) is 2.26. The van der Waals surface area contributed by atoms with Crippen LogP contribution in [0.2, 0.25) is 0 Å². The molecular weight excluding hydrogens is 262 g/mol. The summed E-state index contributed by atoms with van der Waals surface area (Å²) in [5.74, 6) is 0. The van der Waals surface area contributed by atoms with Crippen molar-refractivity contribution in [2.24, 2.45) is 0 Å². The van der Waals surface area contributed by atoms with Gasteiger partial charge < -0.3 is 5.32 Å². The SMILES string of the molecule is Brc1cccc(NC=Cc2ccccc2)c1. The van der Waals surface area contributed by atoms with Gasteiger partial charge in [-0.2, -0.15) is 0 Å². The van der Waals surface area contributed by atoms with Crippen LogP contribution < -0.4 is 5.32 Å². The van der Waals surface area contributed by atoms with Crippen molar-refractivity contribution in [3.05, 3.63) is 70.8 Å². The predicted molar refractivity (Wildman–Crippen MR) is 73.2 cm³/mol. The van der Waals surface area contributed by atoms with Gasteiger partial charge in [-0.15, -0.1) is 0 Å². The number of benzene rings is 2. The number of anilines is 1. The molecule has 80 valence electrons. The first-order chi connectivity index (χ1) is 7.84.